The molecule has 0 spiro atoms. The molecule has 2 unspecified atom stereocenters. The van der Waals surface area contributed by atoms with E-state index in [-0.39, 0.29) is 68.9 Å². The quantitative estimate of drug-likeness (QED) is 0.0787. The van der Waals surface area contributed by atoms with Crippen LogP contribution in [0.5, 0.6) is 0 Å². The second-order valence-corrected chi connectivity index (χ2v) is 9.55. The second-order valence-electron chi connectivity index (χ2n) is 9.55. The molecule has 51 heavy (non-hydrogen) atoms. The van der Waals surface area contributed by atoms with Crippen LogP contribution >= 0.6 is 0 Å². The maximum absolute atomic E-state index is 10.5. The number of rotatable bonds is 10. The molecule has 3 aromatic rings. The molecule has 12 heteroatoms. The summed E-state index contributed by atoms with van der Waals surface area (Å²) < 4.78 is 4.83. The summed E-state index contributed by atoms with van der Waals surface area (Å²) in [5.41, 5.74) is 7.12. The number of aldehydes is 3. The molecule has 4 rings (SSSR count). The Bertz CT molecular complexity index is 1170. The van der Waals surface area contributed by atoms with Crippen molar-refractivity contribution in [2.75, 3.05) is 19.8 Å². The SMILES string of the molecule is CC/C(C=O)=C\c1ccccc1.CCC1C=NNC1c1ccccc1.CCCC=O.CCO.CCOCC.NN.O.O=Cc1ccccc1.[K+].[OH-]. The number of carbonyl (C=O) groups is 3. The van der Waals surface area contributed by atoms with E-state index in [2.05, 4.69) is 53.4 Å². The van der Waals surface area contributed by atoms with Crippen molar-refractivity contribution in [1.29, 1.82) is 0 Å². The van der Waals surface area contributed by atoms with Gasteiger partial charge in [0.15, 0.2) is 0 Å². The van der Waals surface area contributed by atoms with Gasteiger partial charge in [0.05, 0.1) is 6.04 Å². The van der Waals surface area contributed by atoms with Gasteiger partial charge in [0.1, 0.15) is 18.9 Å². The van der Waals surface area contributed by atoms with Crippen LogP contribution in [0.25, 0.3) is 6.08 Å². The van der Waals surface area contributed by atoms with E-state index in [4.69, 9.17) is 9.84 Å². The van der Waals surface area contributed by atoms with Gasteiger partial charge in [-0.05, 0) is 62.8 Å². The van der Waals surface area contributed by atoms with Crippen LogP contribution in [-0.4, -0.2) is 61.0 Å². The van der Waals surface area contributed by atoms with Crippen molar-refractivity contribution >= 4 is 31.1 Å². The summed E-state index contributed by atoms with van der Waals surface area (Å²) in [7, 11) is 0. The van der Waals surface area contributed by atoms with Crippen LogP contribution in [0.2, 0.25) is 0 Å². The summed E-state index contributed by atoms with van der Waals surface area (Å²) in [6, 6.07) is 29.8. The average Bonchev–Trinajstić information content (AvgIpc) is 3.64. The fraction of sp³-hybridized carbons (Fsp3) is 0.385. The molecule has 0 radical (unpaired) electrons. The summed E-state index contributed by atoms with van der Waals surface area (Å²) in [6.45, 7) is 13.7. The van der Waals surface area contributed by atoms with E-state index in [1.54, 1.807) is 19.1 Å². The van der Waals surface area contributed by atoms with Crippen LogP contribution < -0.4 is 68.5 Å². The van der Waals surface area contributed by atoms with Crippen LogP contribution in [0.4, 0.5) is 0 Å². The molecule has 1 aliphatic heterocycles. The molecule has 0 fully saturated rings. The molecule has 0 aromatic heterocycles. The maximum Gasteiger partial charge on any atom is 1.00 e. The van der Waals surface area contributed by atoms with Crippen LogP contribution in [0.15, 0.2) is 102 Å². The molecular weight excluding hydrogens is 676 g/mol. The summed E-state index contributed by atoms with van der Waals surface area (Å²) in [5.74, 6) is 8.54. The molecule has 1 heterocycles. The fourth-order valence-electron chi connectivity index (χ4n) is 3.56. The van der Waals surface area contributed by atoms with Gasteiger partial charge in [-0.25, -0.2) is 0 Å². The smallest absolute Gasteiger partial charge is 0.870 e. The Morgan fingerprint density at radius 1 is 0.804 bits per heavy atom. The molecule has 0 amide bonds. The predicted molar refractivity (Wildman–Crippen MR) is 207 cm³/mol. The van der Waals surface area contributed by atoms with Gasteiger partial charge >= 0.3 is 51.4 Å². The molecule has 3 aromatic carbocycles. The number of hydrazine groups is 1. The van der Waals surface area contributed by atoms with E-state index < -0.39 is 0 Å². The van der Waals surface area contributed by atoms with Crippen molar-refractivity contribution in [2.24, 2.45) is 22.7 Å². The van der Waals surface area contributed by atoms with E-state index >= 15 is 0 Å². The maximum atomic E-state index is 10.5. The van der Waals surface area contributed by atoms with E-state index in [0.717, 1.165) is 68.0 Å². The zero-order chi connectivity index (χ0) is 36.7. The number of ether oxygens (including phenoxy) is 1. The molecular formula is C39H63KN4O7. The van der Waals surface area contributed by atoms with Crippen molar-refractivity contribution in [3.05, 3.63) is 113 Å². The van der Waals surface area contributed by atoms with Gasteiger partial charge in [-0.3, -0.25) is 21.3 Å². The number of aliphatic hydroxyl groups is 1. The number of hydrazone groups is 1. The molecule has 1 aliphatic rings. The Morgan fingerprint density at radius 3 is 1.55 bits per heavy atom. The molecule has 0 aliphatic carbocycles. The minimum absolute atomic E-state index is 0. The van der Waals surface area contributed by atoms with Crippen molar-refractivity contribution in [2.45, 2.75) is 73.3 Å². The topological polar surface area (TPSA) is 219 Å². The monoisotopic (exact) mass is 738 g/mol. The van der Waals surface area contributed by atoms with Gasteiger partial charge in [-0.2, -0.15) is 5.10 Å². The minimum Gasteiger partial charge on any atom is -0.870 e. The average molecular weight is 739 g/mol. The fourth-order valence-corrected chi connectivity index (χ4v) is 3.56. The number of aliphatic hydroxyl groups excluding tert-OH is 1. The second kappa shape index (κ2) is 49.4. The van der Waals surface area contributed by atoms with Crippen LogP contribution in [0.1, 0.15) is 94.8 Å². The predicted octanol–water partition coefficient (Wildman–Crippen LogP) is 3.37. The third kappa shape index (κ3) is 36.9. The Labute approximate surface area is 349 Å². The van der Waals surface area contributed by atoms with Gasteiger partial charge in [0.25, 0.3) is 0 Å². The van der Waals surface area contributed by atoms with Crippen molar-refractivity contribution in [3.8, 4) is 0 Å². The number of nitrogens with one attached hydrogen (secondary N) is 1. The normalized spacial score (nSPS) is 12.6. The van der Waals surface area contributed by atoms with Crippen LogP contribution in [0.3, 0.4) is 0 Å². The molecule has 9 N–H and O–H groups in total. The van der Waals surface area contributed by atoms with Gasteiger partial charge < -0.3 is 31.0 Å². The Morgan fingerprint density at radius 2 is 1.25 bits per heavy atom. The third-order valence-corrected chi connectivity index (χ3v) is 6.00. The van der Waals surface area contributed by atoms with Crippen LogP contribution in [0, 0.1) is 5.92 Å². The molecule has 282 valence electrons. The number of hydrogen-bond donors (Lipinski definition) is 4. The first-order valence-corrected chi connectivity index (χ1v) is 16.5. The van der Waals surface area contributed by atoms with Crippen molar-refractivity contribution in [1.82, 2.24) is 5.43 Å². The largest absolute Gasteiger partial charge is 1.00 e. The first-order chi connectivity index (χ1) is 23.5. The van der Waals surface area contributed by atoms with Gasteiger partial charge in [-0.1, -0.05) is 112 Å². The number of nitrogens with two attached hydrogens (primary N) is 2. The molecule has 11 nitrogen and oxygen atoms in total. The first kappa shape index (κ1) is 60.4. The number of carbonyl (C=O) groups excluding carboxylic acids is 3. The Balaban J connectivity index is -0.000000124. The van der Waals surface area contributed by atoms with Crippen LogP contribution in [-0.2, 0) is 14.3 Å². The zero-order valence-electron chi connectivity index (χ0n) is 31.8. The van der Waals surface area contributed by atoms with E-state index in [1.165, 1.54) is 5.56 Å². The van der Waals surface area contributed by atoms with E-state index in [9.17, 15) is 14.4 Å². The summed E-state index contributed by atoms with van der Waals surface area (Å²) in [5, 5.41) is 11.7. The third-order valence-electron chi connectivity index (χ3n) is 6.00. The number of benzene rings is 3. The summed E-state index contributed by atoms with van der Waals surface area (Å²) >= 11 is 0. The first-order valence-electron chi connectivity index (χ1n) is 16.5. The van der Waals surface area contributed by atoms with E-state index in [0.29, 0.717) is 18.4 Å². The molecule has 0 saturated carbocycles. The summed E-state index contributed by atoms with van der Waals surface area (Å²) in [4.78, 5) is 29.9. The van der Waals surface area contributed by atoms with Gasteiger partial charge in [0.2, 0.25) is 0 Å². The zero-order valence-corrected chi connectivity index (χ0v) is 34.9. The van der Waals surface area contributed by atoms with E-state index in [1.807, 2.05) is 94.6 Å². The summed E-state index contributed by atoms with van der Waals surface area (Å²) in [6.07, 6.45) is 10.2. The number of nitrogens with zero attached hydrogens (tertiary/aromatic N) is 1. The standard InChI is InChI=1S/C11H14N2.C11H12O.C7H6O.C4H10O.C4H8O.C2H6O.K.H4N2.2H2O/c1-2-9-8-12-13-11(9)10-6-4-3-5-7-10;1-2-10(9-12)8-11-6-4-3-5-7-11;8-6-7-4-2-1-3-5-7;1-3-5-4-2;1-2-3-4-5;1-2-3;;1-2;;/h3-9,11,13H,2H2,1H3;3-9H,2H2,1H3;1-6H;3-4H2,1-2H3;4H,2-3H2,1H3;3H,2H2,1H3;;1-2H2;2*1H2/q;;;;;;+1;;;/p-1/b;10-8+;;;;;;;;. The molecule has 0 saturated heterocycles. The Kier molecular flexibility index (Phi) is 58.5. The molecule has 2 atom stereocenters. The number of hydrogen-bond acceptors (Lipinski definition) is 10. The Hall–Kier alpha value is -2.72. The van der Waals surface area contributed by atoms with Gasteiger partial charge in [-0.15, -0.1) is 0 Å². The number of unbranched alkanes of at least 4 members (excludes halogenated alkanes) is 1. The minimum atomic E-state index is 0. The van der Waals surface area contributed by atoms with Crippen molar-refractivity contribution < 1.29 is 86.6 Å². The number of allylic oxidation sites excluding steroid dienone is 1. The molecule has 0 bridgehead atoms. The van der Waals surface area contributed by atoms with Gasteiger partial charge in [0, 0.05) is 43.9 Å². The van der Waals surface area contributed by atoms with Crippen molar-refractivity contribution in [3.63, 3.8) is 0 Å².